The summed E-state index contributed by atoms with van der Waals surface area (Å²) in [6.45, 7) is 5.09. The smallest absolute Gasteiger partial charge is 0.335 e. The van der Waals surface area contributed by atoms with Gasteiger partial charge in [-0.1, -0.05) is 11.6 Å². The van der Waals surface area contributed by atoms with Crippen LogP contribution in [0.1, 0.15) is 37.5 Å². The molecule has 1 aliphatic rings. The molecule has 0 aliphatic carbocycles. The van der Waals surface area contributed by atoms with Gasteiger partial charge in [-0.25, -0.2) is 0 Å². The summed E-state index contributed by atoms with van der Waals surface area (Å²) in [5.41, 5.74) is 2.50. The molecule has 0 unspecified atom stereocenters. The number of piperazine rings is 1. The van der Waals surface area contributed by atoms with Crippen molar-refractivity contribution in [3.8, 4) is 0 Å². The first-order valence-electron chi connectivity index (χ1n) is 10.3. The molecule has 2 amide bonds. The first-order chi connectivity index (χ1) is 15.1. The summed E-state index contributed by atoms with van der Waals surface area (Å²) in [5.74, 6) is -0.482. The van der Waals surface area contributed by atoms with E-state index in [0.29, 0.717) is 37.4 Å². The number of carbonyl (C=O) groups is 2. The molecular weight excluding hydrogens is 419 g/mol. The van der Waals surface area contributed by atoms with Gasteiger partial charge in [0.2, 0.25) is 0 Å². The van der Waals surface area contributed by atoms with Gasteiger partial charge in [0.1, 0.15) is 0 Å². The van der Waals surface area contributed by atoms with Crippen molar-refractivity contribution >= 4 is 22.7 Å². The van der Waals surface area contributed by atoms with Gasteiger partial charge in [0.05, 0.1) is 22.3 Å². The van der Waals surface area contributed by atoms with E-state index in [1.165, 1.54) is 12.1 Å². The lowest BCUT2D eigenvalue weighted by atomic mass is 10.1. The van der Waals surface area contributed by atoms with Gasteiger partial charge in [0.25, 0.3) is 11.8 Å². The number of halogens is 3. The average Bonchev–Trinajstić information content (AvgIpc) is 2.77. The van der Waals surface area contributed by atoms with E-state index in [4.69, 9.17) is 0 Å². The zero-order valence-corrected chi connectivity index (χ0v) is 17.7. The van der Waals surface area contributed by atoms with Crippen molar-refractivity contribution in [3.05, 3.63) is 76.5 Å². The number of fused-ring (bicyclic) bond motifs is 1. The highest BCUT2D eigenvalue weighted by molar-refractivity contribution is 5.99. The normalized spacial score (nSPS) is 14.7. The molecule has 0 bridgehead atoms. The number of amides is 2. The van der Waals surface area contributed by atoms with E-state index in [1.807, 2.05) is 31.2 Å². The second-order valence-corrected chi connectivity index (χ2v) is 7.98. The number of hydrogen-bond acceptors (Lipinski definition) is 3. The lowest BCUT2D eigenvalue weighted by Gasteiger charge is -2.35. The molecule has 1 saturated heterocycles. The monoisotopic (exact) mass is 441 g/mol. The summed E-state index contributed by atoms with van der Waals surface area (Å²) in [6.07, 6.45) is -4.44. The molecule has 1 aromatic heterocycles. The molecule has 0 atom stereocenters. The van der Waals surface area contributed by atoms with Crippen molar-refractivity contribution < 1.29 is 22.8 Å². The Labute approximate surface area is 183 Å². The fourth-order valence-corrected chi connectivity index (χ4v) is 3.88. The number of pyridine rings is 1. The van der Waals surface area contributed by atoms with Crippen LogP contribution in [0, 0.1) is 13.8 Å². The largest absolute Gasteiger partial charge is 0.416 e. The van der Waals surface area contributed by atoms with Gasteiger partial charge in [-0.2, -0.15) is 13.2 Å². The third kappa shape index (κ3) is 4.30. The van der Waals surface area contributed by atoms with Crippen LogP contribution in [0.3, 0.4) is 0 Å². The van der Waals surface area contributed by atoms with Crippen molar-refractivity contribution in [1.82, 2.24) is 14.8 Å². The zero-order valence-electron chi connectivity index (χ0n) is 17.7. The van der Waals surface area contributed by atoms with Crippen LogP contribution in [0.25, 0.3) is 10.9 Å². The Morgan fingerprint density at radius 3 is 2.03 bits per heavy atom. The second-order valence-electron chi connectivity index (χ2n) is 7.98. The SMILES string of the molecule is Cc1ccc2nc(C)c(C(=O)N3CCN(C(=O)c4ccc(C(F)(F)F)cc4)CC3)cc2c1. The highest BCUT2D eigenvalue weighted by Gasteiger charge is 2.31. The first-order valence-corrected chi connectivity index (χ1v) is 10.3. The van der Waals surface area contributed by atoms with E-state index in [1.54, 1.807) is 16.7 Å². The van der Waals surface area contributed by atoms with Crippen LogP contribution >= 0.6 is 0 Å². The van der Waals surface area contributed by atoms with Crippen molar-refractivity contribution in [2.45, 2.75) is 20.0 Å². The van der Waals surface area contributed by atoms with Crippen LogP contribution in [0.5, 0.6) is 0 Å². The van der Waals surface area contributed by atoms with Gasteiger partial charge in [0.15, 0.2) is 0 Å². The Hall–Kier alpha value is -3.42. The number of alkyl halides is 3. The van der Waals surface area contributed by atoms with Crippen LogP contribution in [-0.2, 0) is 6.18 Å². The highest BCUT2D eigenvalue weighted by Crippen LogP contribution is 2.29. The summed E-state index contributed by atoms with van der Waals surface area (Å²) in [6, 6.07) is 11.9. The molecular formula is C24H22F3N3O2. The molecule has 8 heteroatoms. The minimum Gasteiger partial charge on any atom is -0.335 e. The van der Waals surface area contributed by atoms with E-state index in [9.17, 15) is 22.8 Å². The summed E-state index contributed by atoms with van der Waals surface area (Å²) < 4.78 is 38.2. The van der Waals surface area contributed by atoms with Gasteiger partial charge >= 0.3 is 6.18 Å². The van der Waals surface area contributed by atoms with Crippen LogP contribution in [0.4, 0.5) is 13.2 Å². The van der Waals surface area contributed by atoms with Gasteiger partial charge < -0.3 is 9.80 Å². The van der Waals surface area contributed by atoms with E-state index in [2.05, 4.69) is 4.98 Å². The predicted octanol–water partition coefficient (Wildman–Crippen LogP) is 4.47. The van der Waals surface area contributed by atoms with Crippen LogP contribution < -0.4 is 0 Å². The number of carbonyl (C=O) groups excluding carboxylic acids is 2. The number of nitrogens with zero attached hydrogens (tertiary/aromatic N) is 3. The molecule has 32 heavy (non-hydrogen) atoms. The highest BCUT2D eigenvalue weighted by atomic mass is 19.4. The van der Waals surface area contributed by atoms with Crippen molar-refractivity contribution in [1.29, 1.82) is 0 Å². The van der Waals surface area contributed by atoms with E-state index < -0.39 is 11.7 Å². The van der Waals surface area contributed by atoms with Gasteiger partial charge in [0, 0.05) is 37.1 Å². The topological polar surface area (TPSA) is 53.5 Å². The van der Waals surface area contributed by atoms with Crippen LogP contribution in [0.2, 0.25) is 0 Å². The van der Waals surface area contributed by atoms with Crippen molar-refractivity contribution in [3.63, 3.8) is 0 Å². The standard InChI is InChI=1S/C24H22F3N3O2/c1-15-3-8-21-18(13-15)14-20(16(2)28-21)23(32)30-11-9-29(10-12-30)22(31)17-4-6-19(7-5-17)24(25,26)27/h3-8,13-14H,9-12H2,1-2H3. The Morgan fingerprint density at radius 2 is 1.44 bits per heavy atom. The number of hydrogen-bond donors (Lipinski definition) is 0. The molecule has 2 aromatic carbocycles. The predicted molar refractivity (Wildman–Crippen MR) is 114 cm³/mol. The number of benzene rings is 2. The summed E-state index contributed by atoms with van der Waals surface area (Å²) >= 11 is 0. The average molecular weight is 441 g/mol. The fourth-order valence-electron chi connectivity index (χ4n) is 3.88. The van der Waals surface area contributed by atoms with Crippen LogP contribution in [0.15, 0.2) is 48.5 Å². The minimum atomic E-state index is -4.44. The van der Waals surface area contributed by atoms with Gasteiger partial charge in [-0.05, 0) is 56.3 Å². The summed E-state index contributed by atoms with van der Waals surface area (Å²) in [7, 11) is 0. The molecule has 1 fully saturated rings. The molecule has 2 heterocycles. The van der Waals surface area contributed by atoms with E-state index >= 15 is 0 Å². The Balaban J connectivity index is 1.44. The fraction of sp³-hybridized carbons (Fsp3) is 0.292. The lowest BCUT2D eigenvalue weighted by molar-refractivity contribution is -0.137. The van der Waals surface area contributed by atoms with Crippen molar-refractivity contribution in [2.24, 2.45) is 0 Å². The molecule has 0 spiro atoms. The lowest BCUT2D eigenvalue weighted by Crippen LogP contribution is -2.50. The third-order valence-corrected chi connectivity index (χ3v) is 5.70. The third-order valence-electron chi connectivity index (χ3n) is 5.70. The Bertz CT molecular complexity index is 1180. The maximum Gasteiger partial charge on any atom is 0.416 e. The Morgan fingerprint density at radius 1 is 0.844 bits per heavy atom. The summed E-state index contributed by atoms with van der Waals surface area (Å²) in [5, 5.41) is 0.898. The number of aromatic nitrogens is 1. The van der Waals surface area contributed by atoms with Gasteiger partial charge in [-0.3, -0.25) is 14.6 Å². The Kier molecular flexibility index (Phi) is 5.62. The molecule has 0 N–H and O–H groups in total. The maximum absolute atomic E-state index is 13.1. The quantitative estimate of drug-likeness (QED) is 0.590. The van der Waals surface area contributed by atoms with E-state index in [0.717, 1.165) is 28.6 Å². The molecule has 0 radical (unpaired) electrons. The molecule has 5 nitrogen and oxygen atoms in total. The molecule has 4 rings (SSSR count). The number of aryl methyl sites for hydroxylation is 2. The number of rotatable bonds is 2. The minimum absolute atomic E-state index is 0.139. The molecule has 3 aromatic rings. The van der Waals surface area contributed by atoms with E-state index in [-0.39, 0.29) is 17.4 Å². The molecule has 1 aliphatic heterocycles. The van der Waals surface area contributed by atoms with Crippen LogP contribution in [-0.4, -0.2) is 52.8 Å². The van der Waals surface area contributed by atoms with Gasteiger partial charge in [-0.15, -0.1) is 0 Å². The molecule has 166 valence electrons. The first kappa shape index (κ1) is 21.8. The maximum atomic E-state index is 13.1. The summed E-state index contributed by atoms with van der Waals surface area (Å²) in [4.78, 5) is 33.6. The van der Waals surface area contributed by atoms with Crippen molar-refractivity contribution in [2.75, 3.05) is 26.2 Å². The molecule has 0 saturated carbocycles. The second kappa shape index (κ2) is 8.26. The zero-order chi connectivity index (χ0) is 23.0.